The molecule has 0 unspecified atom stereocenters. The van der Waals surface area contributed by atoms with Gasteiger partial charge in [0.25, 0.3) is 5.91 Å². The normalized spacial score (nSPS) is 10.7. The maximum absolute atomic E-state index is 12.0. The number of benzene rings is 1. The Labute approximate surface area is 107 Å². The smallest absolute Gasteiger partial charge is 0.276 e. The van der Waals surface area contributed by atoms with E-state index in [1.54, 1.807) is 6.07 Å². The third-order valence-corrected chi connectivity index (χ3v) is 2.68. The number of amides is 1. The van der Waals surface area contributed by atoms with Crippen LogP contribution in [0.1, 0.15) is 36.1 Å². The topological polar surface area (TPSA) is 46.9 Å². The lowest BCUT2D eigenvalue weighted by Crippen LogP contribution is -2.13. The standard InChI is InChI=1S/C14H17N3O/c1-10(2)17-11(3)9-13(16-17)14(18)15-12-7-5-4-6-8-12/h4-10H,1-3H3,(H,15,18). The number of aryl methyl sites for hydroxylation is 1. The number of carbonyl (C=O) groups excluding carboxylic acids is 1. The van der Waals surface area contributed by atoms with Crippen LogP contribution in [0.25, 0.3) is 0 Å². The van der Waals surface area contributed by atoms with E-state index >= 15 is 0 Å². The molecule has 1 aromatic heterocycles. The van der Waals surface area contributed by atoms with Crippen molar-refractivity contribution in [3.05, 3.63) is 47.8 Å². The summed E-state index contributed by atoms with van der Waals surface area (Å²) in [5, 5.41) is 7.13. The highest BCUT2D eigenvalue weighted by atomic mass is 16.1. The summed E-state index contributed by atoms with van der Waals surface area (Å²) in [6, 6.07) is 11.4. The lowest BCUT2D eigenvalue weighted by molar-refractivity contribution is 0.102. The van der Waals surface area contributed by atoms with E-state index in [-0.39, 0.29) is 11.9 Å². The van der Waals surface area contributed by atoms with Crippen LogP contribution in [-0.2, 0) is 0 Å². The molecule has 18 heavy (non-hydrogen) atoms. The monoisotopic (exact) mass is 243 g/mol. The first-order valence-electron chi connectivity index (χ1n) is 6.00. The fraction of sp³-hybridized carbons (Fsp3) is 0.286. The van der Waals surface area contributed by atoms with Crippen LogP contribution in [0.5, 0.6) is 0 Å². The largest absolute Gasteiger partial charge is 0.321 e. The summed E-state index contributed by atoms with van der Waals surface area (Å²) in [5.41, 5.74) is 2.22. The van der Waals surface area contributed by atoms with Crippen LogP contribution in [0.3, 0.4) is 0 Å². The zero-order chi connectivity index (χ0) is 13.1. The maximum Gasteiger partial charge on any atom is 0.276 e. The molecule has 4 heteroatoms. The number of aromatic nitrogens is 2. The van der Waals surface area contributed by atoms with Crippen molar-refractivity contribution in [2.45, 2.75) is 26.8 Å². The Kier molecular flexibility index (Phi) is 3.46. The van der Waals surface area contributed by atoms with Gasteiger partial charge in [-0.25, -0.2) is 0 Å². The molecule has 1 amide bonds. The SMILES string of the molecule is Cc1cc(C(=O)Nc2ccccc2)nn1C(C)C. The quantitative estimate of drug-likeness (QED) is 0.900. The molecule has 1 N–H and O–H groups in total. The summed E-state index contributed by atoms with van der Waals surface area (Å²) >= 11 is 0. The van der Waals surface area contributed by atoms with E-state index in [2.05, 4.69) is 10.4 Å². The Balaban J connectivity index is 2.17. The molecule has 2 rings (SSSR count). The first kappa shape index (κ1) is 12.4. The Hall–Kier alpha value is -2.10. The van der Waals surface area contributed by atoms with Gasteiger partial charge in [-0.1, -0.05) is 18.2 Å². The Bertz CT molecular complexity index is 543. The average Bonchev–Trinajstić information content (AvgIpc) is 2.73. The van der Waals surface area contributed by atoms with E-state index in [1.165, 1.54) is 0 Å². The molecule has 1 heterocycles. The predicted molar refractivity (Wildman–Crippen MR) is 71.7 cm³/mol. The van der Waals surface area contributed by atoms with E-state index in [0.717, 1.165) is 11.4 Å². The van der Waals surface area contributed by atoms with Crippen LogP contribution < -0.4 is 5.32 Å². The number of hydrogen-bond acceptors (Lipinski definition) is 2. The molecule has 0 bridgehead atoms. The maximum atomic E-state index is 12.0. The summed E-state index contributed by atoms with van der Waals surface area (Å²) in [6.07, 6.45) is 0. The molecule has 0 aliphatic heterocycles. The number of rotatable bonds is 3. The van der Waals surface area contributed by atoms with Gasteiger partial charge in [0.1, 0.15) is 0 Å². The van der Waals surface area contributed by atoms with Gasteiger partial charge in [-0.3, -0.25) is 9.48 Å². The van der Waals surface area contributed by atoms with Crippen molar-refractivity contribution in [3.8, 4) is 0 Å². The van der Waals surface area contributed by atoms with Crippen molar-refractivity contribution in [1.82, 2.24) is 9.78 Å². The molecular formula is C14H17N3O. The highest BCUT2D eigenvalue weighted by molar-refractivity contribution is 6.02. The van der Waals surface area contributed by atoms with Gasteiger partial charge in [0.05, 0.1) is 0 Å². The minimum absolute atomic E-state index is 0.177. The zero-order valence-corrected chi connectivity index (χ0v) is 10.8. The molecule has 0 atom stereocenters. The van der Waals surface area contributed by atoms with E-state index in [9.17, 15) is 4.79 Å². The van der Waals surface area contributed by atoms with Crippen LogP contribution in [0.2, 0.25) is 0 Å². The van der Waals surface area contributed by atoms with Gasteiger partial charge >= 0.3 is 0 Å². The molecule has 0 radical (unpaired) electrons. The number of para-hydroxylation sites is 1. The highest BCUT2D eigenvalue weighted by Gasteiger charge is 2.13. The summed E-state index contributed by atoms with van der Waals surface area (Å²) in [4.78, 5) is 12.0. The number of nitrogens with one attached hydrogen (secondary N) is 1. The second-order valence-electron chi connectivity index (χ2n) is 4.53. The Morgan fingerprint density at radius 2 is 1.94 bits per heavy atom. The first-order valence-corrected chi connectivity index (χ1v) is 6.00. The van der Waals surface area contributed by atoms with Crippen molar-refractivity contribution in [1.29, 1.82) is 0 Å². The molecule has 0 spiro atoms. The minimum atomic E-state index is -0.177. The van der Waals surface area contributed by atoms with Crippen LogP contribution >= 0.6 is 0 Å². The van der Waals surface area contributed by atoms with Gasteiger partial charge in [0.2, 0.25) is 0 Å². The predicted octanol–water partition coefficient (Wildman–Crippen LogP) is 3.02. The summed E-state index contributed by atoms with van der Waals surface area (Å²) in [7, 11) is 0. The summed E-state index contributed by atoms with van der Waals surface area (Å²) in [6.45, 7) is 6.03. The van der Waals surface area contributed by atoms with Crippen molar-refractivity contribution >= 4 is 11.6 Å². The molecule has 2 aromatic rings. The van der Waals surface area contributed by atoms with E-state index in [1.807, 2.05) is 55.8 Å². The second kappa shape index (κ2) is 5.04. The third-order valence-electron chi connectivity index (χ3n) is 2.68. The lowest BCUT2D eigenvalue weighted by atomic mass is 10.3. The van der Waals surface area contributed by atoms with Crippen molar-refractivity contribution < 1.29 is 4.79 Å². The van der Waals surface area contributed by atoms with Crippen LogP contribution in [-0.4, -0.2) is 15.7 Å². The fourth-order valence-corrected chi connectivity index (χ4v) is 1.84. The number of carbonyl (C=O) groups is 1. The van der Waals surface area contributed by atoms with Crippen molar-refractivity contribution in [2.75, 3.05) is 5.32 Å². The number of hydrogen-bond donors (Lipinski definition) is 1. The van der Waals surface area contributed by atoms with Gasteiger partial charge in [0, 0.05) is 17.4 Å². The van der Waals surface area contributed by atoms with Crippen LogP contribution in [0, 0.1) is 6.92 Å². The van der Waals surface area contributed by atoms with Gasteiger partial charge < -0.3 is 5.32 Å². The van der Waals surface area contributed by atoms with Gasteiger partial charge in [-0.05, 0) is 39.0 Å². The highest BCUT2D eigenvalue weighted by Crippen LogP contribution is 2.12. The molecule has 0 saturated carbocycles. The fourth-order valence-electron chi connectivity index (χ4n) is 1.84. The summed E-state index contributed by atoms with van der Waals surface area (Å²) in [5.74, 6) is -0.177. The van der Waals surface area contributed by atoms with Crippen LogP contribution in [0.15, 0.2) is 36.4 Å². The molecular weight excluding hydrogens is 226 g/mol. The second-order valence-corrected chi connectivity index (χ2v) is 4.53. The van der Waals surface area contributed by atoms with Crippen molar-refractivity contribution in [3.63, 3.8) is 0 Å². The molecule has 1 aromatic carbocycles. The van der Waals surface area contributed by atoms with E-state index in [0.29, 0.717) is 5.69 Å². The molecule has 0 saturated heterocycles. The number of nitrogens with zero attached hydrogens (tertiary/aromatic N) is 2. The first-order chi connectivity index (χ1) is 8.58. The third kappa shape index (κ3) is 2.59. The summed E-state index contributed by atoms with van der Waals surface area (Å²) < 4.78 is 1.85. The Morgan fingerprint density at radius 1 is 1.28 bits per heavy atom. The van der Waals surface area contributed by atoms with Gasteiger partial charge in [-0.2, -0.15) is 5.10 Å². The van der Waals surface area contributed by atoms with E-state index in [4.69, 9.17) is 0 Å². The zero-order valence-electron chi connectivity index (χ0n) is 10.8. The van der Waals surface area contributed by atoms with Gasteiger partial charge in [-0.15, -0.1) is 0 Å². The Morgan fingerprint density at radius 3 is 2.50 bits per heavy atom. The molecule has 94 valence electrons. The molecule has 0 fully saturated rings. The molecule has 0 aliphatic rings. The lowest BCUT2D eigenvalue weighted by Gasteiger charge is -2.07. The van der Waals surface area contributed by atoms with E-state index < -0.39 is 0 Å². The number of anilines is 1. The molecule has 4 nitrogen and oxygen atoms in total. The minimum Gasteiger partial charge on any atom is -0.321 e. The van der Waals surface area contributed by atoms with Crippen LogP contribution in [0.4, 0.5) is 5.69 Å². The van der Waals surface area contributed by atoms with Gasteiger partial charge in [0.15, 0.2) is 5.69 Å². The van der Waals surface area contributed by atoms with Crippen molar-refractivity contribution in [2.24, 2.45) is 0 Å². The molecule has 0 aliphatic carbocycles. The average molecular weight is 243 g/mol.